The van der Waals surface area contributed by atoms with Crippen molar-refractivity contribution in [1.82, 2.24) is 19.5 Å². The normalized spacial score (nSPS) is 28.2. The molecule has 90 valence electrons. The molecule has 0 bridgehead atoms. The van der Waals surface area contributed by atoms with E-state index in [1.807, 2.05) is 4.57 Å². The number of fused-ring (bicyclic) bond motifs is 1. The third-order valence-corrected chi connectivity index (χ3v) is 3.79. The van der Waals surface area contributed by atoms with Gasteiger partial charge in [0.15, 0.2) is 11.5 Å². The van der Waals surface area contributed by atoms with Crippen LogP contribution in [0.15, 0.2) is 12.7 Å². The lowest BCUT2D eigenvalue weighted by Crippen LogP contribution is -2.39. The molecule has 3 N–H and O–H groups in total. The Bertz CT molecular complexity index is 552. The molecule has 0 saturated heterocycles. The van der Waals surface area contributed by atoms with Crippen molar-refractivity contribution in [2.24, 2.45) is 11.8 Å². The highest BCUT2D eigenvalue weighted by molar-refractivity contribution is 5.81. The molecule has 3 atom stereocenters. The highest BCUT2D eigenvalue weighted by Crippen LogP contribution is 2.44. The summed E-state index contributed by atoms with van der Waals surface area (Å²) in [5.41, 5.74) is 7.15. The molecular weight excluding hydrogens is 218 g/mol. The van der Waals surface area contributed by atoms with Crippen molar-refractivity contribution in [3.05, 3.63) is 12.7 Å². The minimum atomic E-state index is 0.200. The van der Waals surface area contributed by atoms with Gasteiger partial charge in [-0.2, -0.15) is 0 Å². The maximum absolute atomic E-state index is 9.36. The van der Waals surface area contributed by atoms with E-state index in [2.05, 4.69) is 21.9 Å². The lowest BCUT2D eigenvalue weighted by Gasteiger charge is -2.42. The van der Waals surface area contributed by atoms with Gasteiger partial charge in [0.05, 0.1) is 6.33 Å². The summed E-state index contributed by atoms with van der Waals surface area (Å²) in [5, 5.41) is 9.36. The van der Waals surface area contributed by atoms with Gasteiger partial charge < -0.3 is 15.4 Å². The molecule has 2 aromatic heterocycles. The van der Waals surface area contributed by atoms with Gasteiger partial charge in [0.2, 0.25) is 0 Å². The zero-order valence-corrected chi connectivity index (χ0v) is 9.61. The minimum absolute atomic E-state index is 0.200. The summed E-state index contributed by atoms with van der Waals surface area (Å²) in [4.78, 5) is 12.4. The second-order valence-corrected chi connectivity index (χ2v) is 4.71. The summed E-state index contributed by atoms with van der Waals surface area (Å²) in [6.07, 6.45) is 4.24. The molecule has 3 rings (SSSR count). The van der Waals surface area contributed by atoms with E-state index in [0.717, 1.165) is 12.1 Å². The number of rotatable bonds is 2. The van der Waals surface area contributed by atoms with Crippen molar-refractivity contribution in [1.29, 1.82) is 0 Å². The molecule has 3 unspecified atom stereocenters. The predicted molar refractivity (Wildman–Crippen MR) is 63.1 cm³/mol. The SMILES string of the molecule is CC1CC(n2cnc3c(N)ncnc32)C1CO. The van der Waals surface area contributed by atoms with Crippen molar-refractivity contribution in [3.63, 3.8) is 0 Å². The average Bonchev–Trinajstić information content (AvgIpc) is 2.71. The molecule has 2 aromatic rings. The molecule has 0 spiro atoms. The van der Waals surface area contributed by atoms with E-state index < -0.39 is 0 Å². The van der Waals surface area contributed by atoms with Gasteiger partial charge in [-0.25, -0.2) is 15.0 Å². The number of aromatic nitrogens is 4. The zero-order valence-electron chi connectivity index (χ0n) is 9.61. The van der Waals surface area contributed by atoms with E-state index in [4.69, 9.17) is 5.73 Å². The first-order valence-corrected chi connectivity index (χ1v) is 5.76. The lowest BCUT2D eigenvalue weighted by atomic mass is 9.70. The van der Waals surface area contributed by atoms with Crippen molar-refractivity contribution < 1.29 is 5.11 Å². The smallest absolute Gasteiger partial charge is 0.165 e. The Morgan fingerprint density at radius 3 is 3.00 bits per heavy atom. The number of aliphatic hydroxyl groups is 1. The van der Waals surface area contributed by atoms with Crippen LogP contribution in [-0.2, 0) is 0 Å². The first kappa shape index (κ1) is 10.5. The monoisotopic (exact) mass is 233 g/mol. The van der Waals surface area contributed by atoms with Crippen LogP contribution in [0.25, 0.3) is 11.2 Å². The summed E-state index contributed by atoms with van der Waals surface area (Å²) < 4.78 is 2.01. The highest BCUT2D eigenvalue weighted by Gasteiger charge is 2.39. The number of hydrogen-bond donors (Lipinski definition) is 2. The largest absolute Gasteiger partial charge is 0.396 e. The number of aliphatic hydroxyl groups excluding tert-OH is 1. The summed E-state index contributed by atoms with van der Waals surface area (Å²) in [6.45, 7) is 2.35. The quantitative estimate of drug-likeness (QED) is 0.792. The maximum Gasteiger partial charge on any atom is 0.165 e. The number of imidazole rings is 1. The fraction of sp³-hybridized carbons (Fsp3) is 0.545. The minimum Gasteiger partial charge on any atom is -0.396 e. The second kappa shape index (κ2) is 3.66. The Balaban J connectivity index is 2.04. The summed E-state index contributed by atoms with van der Waals surface area (Å²) in [7, 11) is 0. The number of nitrogen functional groups attached to an aromatic ring is 1. The number of nitrogens with two attached hydrogens (primary N) is 1. The second-order valence-electron chi connectivity index (χ2n) is 4.71. The molecule has 1 aliphatic rings. The number of nitrogens with zero attached hydrogens (tertiary/aromatic N) is 4. The van der Waals surface area contributed by atoms with E-state index in [0.29, 0.717) is 17.3 Å². The lowest BCUT2D eigenvalue weighted by molar-refractivity contribution is 0.0387. The van der Waals surface area contributed by atoms with Gasteiger partial charge in [-0.05, 0) is 12.3 Å². The Hall–Kier alpha value is -1.69. The molecule has 2 heterocycles. The topological polar surface area (TPSA) is 89.9 Å². The molecule has 6 nitrogen and oxygen atoms in total. The van der Waals surface area contributed by atoms with Gasteiger partial charge in [0.25, 0.3) is 0 Å². The molecule has 6 heteroatoms. The molecule has 0 aromatic carbocycles. The van der Waals surface area contributed by atoms with Crippen molar-refractivity contribution in [2.45, 2.75) is 19.4 Å². The summed E-state index contributed by atoms with van der Waals surface area (Å²) in [6, 6.07) is 0.272. The molecular formula is C11H15N5O. The molecule has 1 aliphatic carbocycles. The molecule has 1 fully saturated rings. The fourth-order valence-electron chi connectivity index (χ4n) is 2.65. The van der Waals surface area contributed by atoms with E-state index in [9.17, 15) is 5.11 Å². The Labute approximate surface area is 98.5 Å². The maximum atomic E-state index is 9.36. The Morgan fingerprint density at radius 1 is 1.47 bits per heavy atom. The van der Waals surface area contributed by atoms with Gasteiger partial charge >= 0.3 is 0 Å². The van der Waals surface area contributed by atoms with Crippen LogP contribution in [0.4, 0.5) is 5.82 Å². The van der Waals surface area contributed by atoms with Gasteiger partial charge in [-0.15, -0.1) is 0 Å². The van der Waals surface area contributed by atoms with Crippen LogP contribution in [0.1, 0.15) is 19.4 Å². The Kier molecular flexibility index (Phi) is 2.25. The van der Waals surface area contributed by atoms with E-state index in [1.165, 1.54) is 6.33 Å². The van der Waals surface area contributed by atoms with Crippen molar-refractivity contribution in [3.8, 4) is 0 Å². The van der Waals surface area contributed by atoms with Crippen LogP contribution in [0.2, 0.25) is 0 Å². The van der Waals surface area contributed by atoms with Gasteiger partial charge in [0.1, 0.15) is 11.8 Å². The van der Waals surface area contributed by atoms with E-state index in [-0.39, 0.29) is 18.6 Å². The molecule has 0 amide bonds. The van der Waals surface area contributed by atoms with Crippen LogP contribution in [0.3, 0.4) is 0 Å². The number of hydrogen-bond acceptors (Lipinski definition) is 5. The van der Waals surface area contributed by atoms with Crippen LogP contribution >= 0.6 is 0 Å². The van der Waals surface area contributed by atoms with Crippen molar-refractivity contribution in [2.75, 3.05) is 12.3 Å². The van der Waals surface area contributed by atoms with Crippen molar-refractivity contribution >= 4 is 17.0 Å². The van der Waals surface area contributed by atoms with E-state index in [1.54, 1.807) is 6.33 Å². The van der Waals surface area contributed by atoms with Crippen LogP contribution in [-0.4, -0.2) is 31.2 Å². The average molecular weight is 233 g/mol. The highest BCUT2D eigenvalue weighted by atomic mass is 16.3. The summed E-state index contributed by atoms with van der Waals surface area (Å²) in [5.74, 6) is 1.23. The first-order valence-electron chi connectivity index (χ1n) is 5.76. The Morgan fingerprint density at radius 2 is 2.29 bits per heavy atom. The standard InChI is InChI=1S/C11H15N5O/c1-6-2-8(7(6)3-17)16-5-15-9-10(12)13-4-14-11(9)16/h4-8,17H,2-3H2,1H3,(H2,12,13,14). The van der Waals surface area contributed by atoms with Crippen LogP contribution in [0, 0.1) is 11.8 Å². The third kappa shape index (κ3) is 1.40. The third-order valence-electron chi connectivity index (χ3n) is 3.79. The fourth-order valence-corrected chi connectivity index (χ4v) is 2.65. The molecule has 1 saturated carbocycles. The first-order chi connectivity index (χ1) is 8.22. The summed E-state index contributed by atoms with van der Waals surface area (Å²) >= 11 is 0. The van der Waals surface area contributed by atoms with E-state index >= 15 is 0 Å². The van der Waals surface area contributed by atoms with Gasteiger partial charge in [-0.3, -0.25) is 0 Å². The number of anilines is 1. The molecule has 0 aliphatic heterocycles. The van der Waals surface area contributed by atoms with Crippen LogP contribution < -0.4 is 5.73 Å². The zero-order chi connectivity index (χ0) is 12.0. The molecule has 0 radical (unpaired) electrons. The predicted octanol–water partition coefficient (Wildman–Crippen LogP) is 0.598. The van der Waals surface area contributed by atoms with Gasteiger partial charge in [0, 0.05) is 18.6 Å². The van der Waals surface area contributed by atoms with Gasteiger partial charge in [-0.1, -0.05) is 6.92 Å². The van der Waals surface area contributed by atoms with Crippen LogP contribution in [0.5, 0.6) is 0 Å². The molecule has 17 heavy (non-hydrogen) atoms.